The van der Waals surface area contributed by atoms with E-state index in [1.807, 2.05) is 11.3 Å². The van der Waals surface area contributed by atoms with Crippen LogP contribution < -0.4 is 5.56 Å². The Morgan fingerprint density at radius 2 is 2.09 bits per heavy atom. The first-order chi connectivity index (χ1) is 10.7. The van der Waals surface area contributed by atoms with Crippen LogP contribution in [-0.4, -0.2) is 21.4 Å². The topological polar surface area (TPSA) is 49.0 Å². The van der Waals surface area contributed by atoms with Gasteiger partial charge in [0.2, 0.25) is 0 Å². The highest BCUT2D eigenvalue weighted by molar-refractivity contribution is 7.12. The molecule has 0 aliphatic carbocycles. The van der Waals surface area contributed by atoms with Gasteiger partial charge < -0.3 is 4.98 Å². The van der Waals surface area contributed by atoms with Crippen LogP contribution in [0.1, 0.15) is 53.2 Å². The van der Waals surface area contributed by atoms with Crippen LogP contribution in [-0.2, 0) is 24.9 Å². The number of aromatic nitrogens is 2. The summed E-state index contributed by atoms with van der Waals surface area (Å²) in [4.78, 5) is 25.2. The molecule has 124 valence electrons. The number of hydrogen-bond acceptors (Lipinski definition) is 4. The second-order valence-corrected chi connectivity index (χ2v) is 8.84. The smallest absolute Gasteiger partial charge is 0.254 e. The van der Waals surface area contributed by atoms with Crippen LogP contribution >= 0.6 is 11.3 Å². The van der Waals surface area contributed by atoms with Crippen molar-refractivity contribution >= 4 is 11.3 Å². The molecule has 2 aromatic rings. The van der Waals surface area contributed by atoms with Crippen molar-refractivity contribution in [3.8, 4) is 0 Å². The predicted molar refractivity (Wildman–Crippen MR) is 95.2 cm³/mol. The van der Waals surface area contributed by atoms with Crippen LogP contribution in [0.25, 0.3) is 0 Å². The highest BCUT2D eigenvalue weighted by atomic mass is 32.1. The lowest BCUT2D eigenvalue weighted by molar-refractivity contribution is 0.241. The molecule has 4 nitrogen and oxygen atoms in total. The van der Waals surface area contributed by atoms with Gasteiger partial charge in [-0.05, 0) is 31.9 Å². The molecule has 0 atom stereocenters. The summed E-state index contributed by atoms with van der Waals surface area (Å²) in [6.45, 7) is 13.2. The van der Waals surface area contributed by atoms with Crippen molar-refractivity contribution in [1.82, 2.24) is 14.9 Å². The Bertz CT molecular complexity index is 763. The molecule has 0 aromatic carbocycles. The van der Waals surface area contributed by atoms with Crippen LogP contribution in [0.2, 0.25) is 0 Å². The van der Waals surface area contributed by atoms with Crippen molar-refractivity contribution in [3.05, 3.63) is 48.8 Å². The fourth-order valence-electron chi connectivity index (χ4n) is 2.93. The molecule has 1 aliphatic heterocycles. The van der Waals surface area contributed by atoms with Crippen molar-refractivity contribution < 1.29 is 0 Å². The van der Waals surface area contributed by atoms with Gasteiger partial charge in [0.15, 0.2) is 0 Å². The molecule has 0 fully saturated rings. The minimum Gasteiger partial charge on any atom is -0.310 e. The summed E-state index contributed by atoms with van der Waals surface area (Å²) in [6.07, 6.45) is 0.783. The summed E-state index contributed by atoms with van der Waals surface area (Å²) < 4.78 is 0. The molecule has 23 heavy (non-hydrogen) atoms. The fraction of sp³-hybridized carbons (Fsp3) is 0.556. The Kier molecular flexibility index (Phi) is 4.19. The van der Waals surface area contributed by atoms with Crippen molar-refractivity contribution in [2.45, 2.75) is 59.5 Å². The monoisotopic (exact) mass is 331 g/mol. The SMILES string of the molecule is Cc1cc(CN2CCc3c(nc(C(C)(C)C)[nH]c3=O)C2)sc1C. The zero-order chi connectivity index (χ0) is 16.8. The molecule has 2 aromatic heterocycles. The van der Waals surface area contributed by atoms with Crippen LogP contribution in [0.5, 0.6) is 0 Å². The number of rotatable bonds is 2. The lowest BCUT2D eigenvalue weighted by Crippen LogP contribution is -2.36. The molecular weight excluding hydrogens is 306 g/mol. The lowest BCUT2D eigenvalue weighted by Gasteiger charge is -2.28. The third kappa shape index (κ3) is 3.40. The summed E-state index contributed by atoms with van der Waals surface area (Å²) in [7, 11) is 0. The molecule has 0 spiro atoms. The van der Waals surface area contributed by atoms with E-state index in [1.165, 1.54) is 15.3 Å². The van der Waals surface area contributed by atoms with Gasteiger partial charge >= 0.3 is 0 Å². The molecule has 0 saturated heterocycles. The second-order valence-electron chi connectivity index (χ2n) is 7.50. The maximum Gasteiger partial charge on any atom is 0.254 e. The number of aryl methyl sites for hydroxylation is 2. The highest BCUT2D eigenvalue weighted by Crippen LogP contribution is 2.25. The average Bonchev–Trinajstić information content (AvgIpc) is 2.75. The molecule has 0 amide bonds. The first-order valence-electron chi connectivity index (χ1n) is 8.15. The Morgan fingerprint density at radius 1 is 1.35 bits per heavy atom. The van der Waals surface area contributed by atoms with E-state index in [9.17, 15) is 4.79 Å². The zero-order valence-electron chi connectivity index (χ0n) is 14.6. The van der Waals surface area contributed by atoms with Gasteiger partial charge in [0.05, 0.1) is 5.69 Å². The van der Waals surface area contributed by atoms with E-state index in [4.69, 9.17) is 4.98 Å². The van der Waals surface area contributed by atoms with E-state index in [0.29, 0.717) is 0 Å². The summed E-state index contributed by atoms with van der Waals surface area (Å²) >= 11 is 1.87. The molecule has 0 saturated carbocycles. The fourth-order valence-corrected chi connectivity index (χ4v) is 4.03. The van der Waals surface area contributed by atoms with Crippen LogP contribution in [0, 0.1) is 13.8 Å². The summed E-state index contributed by atoms with van der Waals surface area (Å²) in [5.41, 5.74) is 3.09. The third-order valence-electron chi connectivity index (χ3n) is 4.46. The minimum atomic E-state index is -0.140. The number of nitrogens with one attached hydrogen (secondary N) is 1. The van der Waals surface area contributed by atoms with Gasteiger partial charge in [0.25, 0.3) is 5.56 Å². The van der Waals surface area contributed by atoms with Crippen LogP contribution in [0.15, 0.2) is 10.9 Å². The first-order valence-corrected chi connectivity index (χ1v) is 8.96. The Balaban J connectivity index is 1.84. The van der Waals surface area contributed by atoms with E-state index in [-0.39, 0.29) is 11.0 Å². The van der Waals surface area contributed by atoms with Gasteiger partial charge in [-0.1, -0.05) is 20.8 Å². The molecular formula is C18H25N3OS. The largest absolute Gasteiger partial charge is 0.310 e. The molecule has 3 heterocycles. The number of nitrogens with zero attached hydrogens (tertiary/aromatic N) is 2. The molecule has 5 heteroatoms. The quantitative estimate of drug-likeness (QED) is 0.918. The van der Waals surface area contributed by atoms with E-state index < -0.39 is 0 Å². The maximum absolute atomic E-state index is 12.3. The molecule has 3 rings (SSSR count). The van der Waals surface area contributed by atoms with Crippen molar-refractivity contribution in [3.63, 3.8) is 0 Å². The van der Waals surface area contributed by atoms with Crippen molar-refractivity contribution in [1.29, 1.82) is 0 Å². The van der Waals surface area contributed by atoms with E-state index >= 15 is 0 Å². The molecule has 1 N–H and O–H groups in total. The number of H-pyrrole nitrogens is 1. The van der Waals surface area contributed by atoms with Gasteiger partial charge in [0.1, 0.15) is 5.82 Å². The molecule has 0 bridgehead atoms. The molecule has 0 unspecified atom stereocenters. The maximum atomic E-state index is 12.3. The Labute approximate surface area is 141 Å². The van der Waals surface area contributed by atoms with E-state index in [2.05, 4.69) is 50.6 Å². The van der Waals surface area contributed by atoms with Gasteiger partial charge in [-0.15, -0.1) is 11.3 Å². The van der Waals surface area contributed by atoms with Gasteiger partial charge in [-0.25, -0.2) is 4.98 Å². The predicted octanol–water partition coefficient (Wildman–Crippen LogP) is 3.30. The zero-order valence-corrected chi connectivity index (χ0v) is 15.4. The summed E-state index contributed by atoms with van der Waals surface area (Å²) in [6, 6.07) is 2.28. The number of hydrogen-bond donors (Lipinski definition) is 1. The van der Waals surface area contributed by atoms with Gasteiger partial charge in [-0.2, -0.15) is 0 Å². The third-order valence-corrected chi connectivity index (χ3v) is 5.60. The first kappa shape index (κ1) is 16.4. The average molecular weight is 331 g/mol. The second kappa shape index (κ2) is 5.87. The molecule has 1 aliphatic rings. The van der Waals surface area contributed by atoms with Crippen molar-refractivity contribution in [2.24, 2.45) is 0 Å². The van der Waals surface area contributed by atoms with Crippen LogP contribution in [0.4, 0.5) is 0 Å². The Morgan fingerprint density at radius 3 is 2.70 bits per heavy atom. The van der Waals surface area contributed by atoms with Gasteiger partial charge in [-0.3, -0.25) is 9.69 Å². The normalized spacial score (nSPS) is 15.7. The lowest BCUT2D eigenvalue weighted by atomic mass is 9.95. The molecule has 0 radical (unpaired) electrons. The number of fused-ring (bicyclic) bond motifs is 1. The standard InChI is InChI=1S/C18H25N3OS/c1-11-8-13(23-12(11)2)9-21-7-6-14-15(10-21)19-17(18(3,4)5)20-16(14)22/h8H,6-7,9-10H2,1-5H3,(H,19,20,22). The van der Waals surface area contributed by atoms with Crippen molar-refractivity contribution in [2.75, 3.05) is 6.54 Å². The Hall–Kier alpha value is -1.46. The van der Waals surface area contributed by atoms with Crippen LogP contribution in [0.3, 0.4) is 0 Å². The van der Waals surface area contributed by atoms with E-state index in [1.54, 1.807) is 0 Å². The highest BCUT2D eigenvalue weighted by Gasteiger charge is 2.25. The summed E-state index contributed by atoms with van der Waals surface area (Å²) in [5.74, 6) is 0.783. The van der Waals surface area contributed by atoms with E-state index in [0.717, 1.165) is 43.1 Å². The minimum absolute atomic E-state index is 0.0439. The van der Waals surface area contributed by atoms with Gasteiger partial charge in [0, 0.05) is 40.4 Å². The number of aromatic amines is 1. The number of thiophene rings is 1. The summed E-state index contributed by atoms with van der Waals surface area (Å²) in [5, 5.41) is 0.